The average molecular weight is 172 g/mol. The summed E-state index contributed by atoms with van der Waals surface area (Å²) in [5.41, 5.74) is -0.703. The van der Waals surface area contributed by atoms with E-state index >= 15 is 0 Å². The molecule has 70 valence electrons. The van der Waals surface area contributed by atoms with E-state index in [1.165, 1.54) is 0 Å². The van der Waals surface area contributed by atoms with Gasteiger partial charge in [0.05, 0.1) is 5.60 Å². The second-order valence-electron chi connectivity index (χ2n) is 3.90. The van der Waals surface area contributed by atoms with Crippen LogP contribution >= 0.6 is 0 Å². The van der Waals surface area contributed by atoms with Crippen molar-refractivity contribution < 1.29 is 9.90 Å². The van der Waals surface area contributed by atoms with E-state index in [4.69, 9.17) is 0 Å². The summed E-state index contributed by atoms with van der Waals surface area (Å²) >= 11 is 0. The summed E-state index contributed by atoms with van der Waals surface area (Å²) in [6.45, 7) is 4.68. The molecule has 0 aromatic rings. The monoisotopic (exact) mass is 172 g/mol. The molecule has 0 radical (unpaired) electrons. The molecular weight excluding hydrogens is 156 g/mol. The van der Waals surface area contributed by atoms with Gasteiger partial charge in [0.1, 0.15) is 0 Å². The SMILES string of the molecule is CC(C)(O)CNC1CNC(=O)C1. The van der Waals surface area contributed by atoms with Crippen LogP contribution in [0.15, 0.2) is 0 Å². The summed E-state index contributed by atoms with van der Waals surface area (Å²) in [7, 11) is 0. The smallest absolute Gasteiger partial charge is 0.221 e. The van der Waals surface area contributed by atoms with E-state index in [-0.39, 0.29) is 11.9 Å². The van der Waals surface area contributed by atoms with Crippen molar-refractivity contribution in [3.8, 4) is 0 Å². The van der Waals surface area contributed by atoms with Crippen LogP contribution in [0.25, 0.3) is 0 Å². The molecule has 0 bridgehead atoms. The molecule has 1 heterocycles. The number of hydrogen-bond acceptors (Lipinski definition) is 3. The van der Waals surface area contributed by atoms with Gasteiger partial charge in [-0.25, -0.2) is 0 Å². The third-order valence-corrected chi connectivity index (χ3v) is 1.80. The van der Waals surface area contributed by atoms with Gasteiger partial charge >= 0.3 is 0 Å². The molecule has 1 unspecified atom stereocenters. The van der Waals surface area contributed by atoms with Gasteiger partial charge < -0.3 is 15.7 Å². The number of rotatable bonds is 3. The number of hydrogen-bond donors (Lipinski definition) is 3. The molecule has 1 saturated heterocycles. The Labute approximate surface area is 72.3 Å². The van der Waals surface area contributed by atoms with Gasteiger partial charge in [-0.3, -0.25) is 4.79 Å². The van der Waals surface area contributed by atoms with Gasteiger partial charge in [0, 0.05) is 25.6 Å². The quantitative estimate of drug-likeness (QED) is 0.524. The molecular formula is C8H16N2O2. The van der Waals surface area contributed by atoms with Crippen molar-refractivity contribution in [3.63, 3.8) is 0 Å². The lowest BCUT2D eigenvalue weighted by atomic mass is 10.1. The number of carbonyl (C=O) groups excluding carboxylic acids is 1. The lowest BCUT2D eigenvalue weighted by Gasteiger charge is -2.20. The molecule has 3 N–H and O–H groups in total. The molecule has 12 heavy (non-hydrogen) atoms. The molecule has 1 fully saturated rings. The predicted molar refractivity (Wildman–Crippen MR) is 45.7 cm³/mol. The van der Waals surface area contributed by atoms with Crippen LogP contribution in [0.2, 0.25) is 0 Å². The average Bonchev–Trinajstić information content (AvgIpc) is 2.30. The van der Waals surface area contributed by atoms with Crippen LogP contribution in [0.1, 0.15) is 20.3 Å². The van der Waals surface area contributed by atoms with Crippen LogP contribution in [0.3, 0.4) is 0 Å². The molecule has 1 amide bonds. The Hall–Kier alpha value is -0.610. The summed E-state index contributed by atoms with van der Waals surface area (Å²) in [5.74, 6) is 0.0863. The minimum atomic E-state index is -0.703. The lowest BCUT2D eigenvalue weighted by Crippen LogP contribution is -2.41. The van der Waals surface area contributed by atoms with E-state index in [0.717, 1.165) is 0 Å². The highest BCUT2D eigenvalue weighted by Crippen LogP contribution is 2.02. The van der Waals surface area contributed by atoms with Crippen LogP contribution in [0.4, 0.5) is 0 Å². The van der Waals surface area contributed by atoms with Crippen LogP contribution < -0.4 is 10.6 Å². The highest BCUT2D eigenvalue weighted by atomic mass is 16.3. The van der Waals surface area contributed by atoms with E-state index in [1.54, 1.807) is 13.8 Å². The maximum atomic E-state index is 10.8. The van der Waals surface area contributed by atoms with Gasteiger partial charge in [0.25, 0.3) is 0 Å². The van der Waals surface area contributed by atoms with Crippen molar-refractivity contribution in [2.75, 3.05) is 13.1 Å². The second-order valence-corrected chi connectivity index (χ2v) is 3.90. The fourth-order valence-electron chi connectivity index (χ4n) is 1.14. The molecule has 1 atom stereocenters. The van der Waals surface area contributed by atoms with Gasteiger partial charge in [0.15, 0.2) is 0 Å². The molecule has 0 aromatic heterocycles. The van der Waals surface area contributed by atoms with Gasteiger partial charge in [-0.05, 0) is 13.8 Å². The van der Waals surface area contributed by atoms with Crippen molar-refractivity contribution in [2.45, 2.75) is 31.9 Å². The summed E-state index contributed by atoms with van der Waals surface area (Å²) in [6.07, 6.45) is 0.524. The van der Waals surface area contributed by atoms with Crippen molar-refractivity contribution in [1.29, 1.82) is 0 Å². The Morgan fingerprint density at radius 1 is 1.75 bits per heavy atom. The van der Waals surface area contributed by atoms with Crippen molar-refractivity contribution >= 4 is 5.91 Å². The Balaban J connectivity index is 2.20. The molecule has 4 heteroatoms. The number of nitrogens with one attached hydrogen (secondary N) is 2. The fourth-order valence-corrected chi connectivity index (χ4v) is 1.14. The third kappa shape index (κ3) is 3.19. The van der Waals surface area contributed by atoms with Crippen molar-refractivity contribution in [3.05, 3.63) is 0 Å². The molecule has 0 saturated carbocycles. The van der Waals surface area contributed by atoms with Gasteiger partial charge in [-0.15, -0.1) is 0 Å². The van der Waals surface area contributed by atoms with E-state index in [9.17, 15) is 9.90 Å². The molecule has 1 aliphatic rings. The Morgan fingerprint density at radius 2 is 2.42 bits per heavy atom. The van der Waals surface area contributed by atoms with Gasteiger partial charge in [-0.1, -0.05) is 0 Å². The molecule has 0 aliphatic carbocycles. The van der Waals surface area contributed by atoms with Gasteiger partial charge in [0.2, 0.25) is 5.91 Å². The summed E-state index contributed by atoms with van der Waals surface area (Å²) in [5, 5.41) is 15.2. The van der Waals surface area contributed by atoms with Gasteiger partial charge in [-0.2, -0.15) is 0 Å². The Morgan fingerprint density at radius 3 is 2.83 bits per heavy atom. The van der Waals surface area contributed by atoms with E-state index in [2.05, 4.69) is 10.6 Å². The topological polar surface area (TPSA) is 61.4 Å². The van der Waals surface area contributed by atoms with E-state index in [0.29, 0.717) is 19.5 Å². The predicted octanol–water partition coefficient (Wildman–Crippen LogP) is -0.765. The molecule has 1 aliphatic heterocycles. The van der Waals surface area contributed by atoms with Crippen LogP contribution in [-0.2, 0) is 4.79 Å². The first-order valence-electron chi connectivity index (χ1n) is 4.20. The molecule has 1 rings (SSSR count). The van der Waals surface area contributed by atoms with Crippen LogP contribution in [-0.4, -0.2) is 35.7 Å². The number of aliphatic hydroxyl groups is 1. The summed E-state index contributed by atoms with van der Waals surface area (Å²) in [4.78, 5) is 10.8. The number of amides is 1. The lowest BCUT2D eigenvalue weighted by molar-refractivity contribution is -0.119. The molecule has 0 spiro atoms. The minimum Gasteiger partial charge on any atom is -0.389 e. The van der Waals surface area contributed by atoms with Crippen molar-refractivity contribution in [2.24, 2.45) is 0 Å². The first kappa shape index (κ1) is 9.48. The maximum absolute atomic E-state index is 10.8. The first-order chi connectivity index (χ1) is 5.47. The fraction of sp³-hybridized carbons (Fsp3) is 0.875. The van der Waals surface area contributed by atoms with Crippen LogP contribution in [0.5, 0.6) is 0 Å². The van der Waals surface area contributed by atoms with E-state index < -0.39 is 5.60 Å². The highest BCUT2D eigenvalue weighted by Gasteiger charge is 2.22. The zero-order chi connectivity index (χ0) is 9.19. The Kier molecular flexibility index (Phi) is 2.69. The zero-order valence-corrected chi connectivity index (χ0v) is 7.55. The standard InChI is InChI=1S/C8H16N2O2/c1-8(2,12)5-10-6-3-7(11)9-4-6/h6,10,12H,3-5H2,1-2H3,(H,9,11). The normalized spacial score (nSPS) is 24.2. The first-order valence-corrected chi connectivity index (χ1v) is 4.20. The van der Waals surface area contributed by atoms with Crippen LogP contribution in [0, 0.1) is 0 Å². The minimum absolute atomic E-state index is 0.0863. The summed E-state index contributed by atoms with van der Waals surface area (Å²) < 4.78 is 0. The maximum Gasteiger partial charge on any atom is 0.221 e. The Bertz CT molecular complexity index is 174. The largest absolute Gasteiger partial charge is 0.389 e. The second kappa shape index (κ2) is 3.41. The summed E-state index contributed by atoms with van der Waals surface area (Å²) in [6, 6.07) is 0.184. The highest BCUT2D eigenvalue weighted by molar-refractivity contribution is 5.78. The van der Waals surface area contributed by atoms with Crippen molar-refractivity contribution in [1.82, 2.24) is 10.6 Å². The molecule has 0 aromatic carbocycles. The molecule has 4 nitrogen and oxygen atoms in total. The van der Waals surface area contributed by atoms with E-state index in [1.807, 2.05) is 0 Å². The third-order valence-electron chi connectivity index (χ3n) is 1.80. The zero-order valence-electron chi connectivity index (χ0n) is 7.55. The number of carbonyl (C=O) groups is 1.